The van der Waals surface area contributed by atoms with Gasteiger partial charge in [0, 0.05) is 19.1 Å². The van der Waals surface area contributed by atoms with E-state index in [9.17, 15) is 8.42 Å². The Balaban J connectivity index is 0.00000147. The van der Waals surface area contributed by atoms with Gasteiger partial charge in [-0.1, -0.05) is 17.7 Å². The van der Waals surface area contributed by atoms with Gasteiger partial charge in [0.05, 0.1) is 4.90 Å². The second kappa shape index (κ2) is 5.64. The summed E-state index contributed by atoms with van der Waals surface area (Å²) >= 11 is 0. The third kappa shape index (κ3) is 2.60. The number of aryl methyl sites for hydroxylation is 1. The fourth-order valence-electron chi connectivity index (χ4n) is 3.32. The van der Waals surface area contributed by atoms with Crippen LogP contribution in [0.1, 0.15) is 18.4 Å². The van der Waals surface area contributed by atoms with Gasteiger partial charge in [0.25, 0.3) is 0 Å². The zero-order chi connectivity index (χ0) is 13.6. The number of nitrogens with two attached hydrogens (primary N) is 1. The molecule has 0 radical (unpaired) electrons. The minimum Gasteiger partial charge on any atom is -0.327 e. The van der Waals surface area contributed by atoms with Crippen LogP contribution in [-0.4, -0.2) is 31.9 Å². The molecule has 0 bridgehead atoms. The molecule has 4 nitrogen and oxygen atoms in total. The van der Waals surface area contributed by atoms with Gasteiger partial charge in [-0.15, -0.1) is 12.4 Å². The maximum Gasteiger partial charge on any atom is 0.243 e. The summed E-state index contributed by atoms with van der Waals surface area (Å²) in [4.78, 5) is 0.395. The summed E-state index contributed by atoms with van der Waals surface area (Å²) in [5.74, 6) is 0.801. The van der Waals surface area contributed by atoms with E-state index in [2.05, 4.69) is 0 Å². The number of sulfonamides is 1. The number of hydrogen-bond acceptors (Lipinski definition) is 3. The monoisotopic (exact) mass is 316 g/mol. The average molecular weight is 317 g/mol. The average Bonchev–Trinajstić information content (AvgIpc) is 2.93. The predicted octanol–water partition coefficient (Wildman–Crippen LogP) is 1.77. The van der Waals surface area contributed by atoms with Gasteiger partial charge >= 0.3 is 0 Å². The summed E-state index contributed by atoms with van der Waals surface area (Å²) < 4.78 is 26.8. The van der Waals surface area contributed by atoms with Crippen molar-refractivity contribution in [3.8, 4) is 0 Å². The predicted molar refractivity (Wildman–Crippen MR) is 81.4 cm³/mol. The van der Waals surface area contributed by atoms with Crippen LogP contribution in [-0.2, 0) is 10.0 Å². The van der Waals surface area contributed by atoms with Gasteiger partial charge in [0.2, 0.25) is 10.0 Å². The van der Waals surface area contributed by atoms with E-state index in [-0.39, 0.29) is 18.4 Å². The summed E-state index contributed by atoms with van der Waals surface area (Å²) in [5, 5.41) is 0. The van der Waals surface area contributed by atoms with E-state index in [1.165, 1.54) is 0 Å². The molecule has 1 saturated heterocycles. The van der Waals surface area contributed by atoms with Crippen LogP contribution in [0.15, 0.2) is 29.2 Å². The highest BCUT2D eigenvalue weighted by atomic mass is 35.5. The molecule has 20 heavy (non-hydrogen) atoms. The molecule has 3 unspecified atom stereocenters. The number of fused-ring (bicyclic) bond motifs is 1. The van der Waals surface area contributed by atoms with E-state index in [1.54, 1.807) is 16.4 Å². The molecule has 112 valence electrons. The Hall–Kier alpha value is -0.620. The number of halogens is 1. The lowest BCUT2D eigenvalue weighted by molar-refractivity contribution is 0.427. The quantitative estimate of drug-likeness (QED) is 0.904. The highest BCUT2D eigenvalue weighted by Gasteiger charge is 2.44. The minimum atomic E-state index is -3.34. The lowest BCUT2D eigenvalue weighted by atomic mass is 9.98. The molecule has 2 fully saturated rings. The molecule has 1 saturated carbocycles. The maximum absolute atomic E-state index is 12.6. The first-order valence-electron chi connectivity index (χ1n) is 6.81. The van der Waals surface area contributed by atoms with Gasteiger partial charge in [0.1, 0.15) is 0 Å². The number of rotatable bonds is 2. The van der Waals surface area contributed by atoms with Crippen LogP contribution < -0.4 is 5.73 Å². The summed E-state index contributed by atoms with van der Waals surface area (Å²) in [7, 11) is -3.34. The normalized spacial score (nSPS) is 30.0. The first-order chi connectivity index (χ1) is 8.98. The number of benzene rings is 1. The molecule has 3 atom stereocenters. The Labute approximate surface area is 126 Å². The maximum atomic E-state index is 12.6. The Bertz CT molecular complexity index is 573. The van der Waals surface area contributed by atoms with Crippen LogP contribution in [0, 0.1) is 18.8 Å². The highest BCUT2D eigenvalue weighted by Crippen LogP contribution is 2.39. The molecule has 1 aromatic carbocycles. The molecular weight excluding hydrogens is 296 g/mol. The summed E-state index contributed by atoms with van der Waals surface area (Å²) in [5.41, 5.74) is 7.13. The third-order valence-corrected chi connectivity index (χ3v) is 6.38. The van der Waals surface area contributed by atoms with E-state index < -0.39 is 10.0 Å². The molecule has 6 heteroatoms. The zero-order valence-electron chi connectivity index (χ0n) is 11.5. The lowest BCUT2D eigenvalue weighted by Gasteiger charge is -2.18. The van der Waals surface area contributed by atoms with Gasteiger partial charge in [-0.05, 0) is 43.7 Å². The van der Waals surface area contributed by atoms with Crippen molar-refractivity contribution >= 4 is 22.4 Å². The summed E-state index contributed by atoms with van der Waals surface area (Å²) in [6.45, 7) is 3.17. The minimum absolute atomic E-state index is 0. The van der Waals surface area contributed by atoms with Gasteiger partial charge in [-0.2, -0.15) is 4.31 Å². The zero-order valence-corrected chi connectivity index (χ0v) is 13.2. The van der Waals surface area contributed by atoms with Crippen LogP contribution in [0.3, 0.4) is 0 Å². The van der Waals surface area contributed by atoms with Crippen molar-refractivity contribution in [2.45, 2.75) is 30.7 Å². The number of nitrogens with zero attached hydrogens (tertiary/aromatic N) is 1. The third-order valence-electron chi connectivity index (χ3n) is 4.54. The van der Waals surface area contributed by atoms with E-state index in [1.807, 2.05) is 19.1 Å². The molecule has 3 rings (SSSR count). The molecule has 1 aliphatic heterocycles. The Morgan fingerprint density at radius 2 is 1.80 bits per heavy atom. The van der Waals surface area contributed by atoms with Crippen molar-refractivity contribution in [3.05, 3.63) is 29.8 Å². The van der Waals surface area contributed by atoms with Crippen molar-refractivity contribution in [2.75, 3.05) is 13.1 Å². The first-order valence-corrected chi connectivity index (χ1v) is 8.25. The van der Waals surface area contributed by atoms with Gasteiger partial charge in [-0.3, -0.25) is 0 Å². The Morgan fingerprint density at radius 1 is 1.15 bits per heavy atom. The van der Waals surface area contributed by atoms with Gasteiger partial charge in [0.15, 0.2) is 0 Å². The van der Waals surface area contributed by atoms with Crippen molar-refractivity contribution in [3.63, 3.8) is 0 Å². The molecule has 1 heterocycles. The Kier molecular flexibility index (Phi) is 4.44. The molecule has 0 amide bonds. The van der Waals surface area contributed by atoms with E-state index in [0.717, 1.165) is 18.4 Å². The Morgan fingerprint density at radius 3 is 2.40 bits per heavy atom. The molecule has 1 aromatic rings. The summed E-state index contributed by atoms with van der Waals surface area (Å²) in [6, 6.07) is 7.24. The van der Waals surface area contributed by atoms with E-state index in [0.29, 0.717) is 29.8 Å². The van der Waals surface area contributed by atoms with Crippen LogP contribution >= 0.6 is 12.4 Å². The second-order valence-electron chi connectivity index (χ2n) is 5.80. The molecule has 2 N–H and O–H groups in total. The molecule has 1 aliphatic carbocycles. The van der Waals surface area contributed by atoms with Gasteiger partial charge < -0.3 is 5.73 Å². The largest absolute Gasteiger partial charge is 0.327 e. The molecule has 0 spiro atoms. The highest BCUT2D eigenvalue weighted by molar-refractivity contribution is 7.89. The lowest BCUT2D eigenvalue weighted by Crippen LogP contribution is -2.33. The van der Waals surface area contributed by atoms with Crippen molar-refractivity contribution in [1.29, 1.82) is 0 Å². The SMILES string of the molecule is Cc1ccc(S(=O)(=O)N2CC3CCC(N)C3C2)cc1.Cl. The van der Waals surface area contributed by atoms with Crippen molar-refractivity contribution < 1.29 is 8.42 Å². The van der Waals surface area contributed by atoms with E-state index >= 15 is 0 Å². The van der Waals surface area contributed by atoms with Crippen LogP contribution in [0.25, 0.3) is 0 Å². The number of hydrogen-bond donors (Lipinski definition) is 1. The standard InChI is InChI=1S/C14H20N2O2S.ClH/c1-10-2-5-12(6-3-10)19(17,18)16-8-11-4-7-14(15)13(11)9-16;/h2-3,5-6,11,13-14H,4,7-9,15H2,1H3;1H. The van der Waals surface area contributed by atoms with Crippen LogP contribution in [0.4, 0.5) is 0 Å². The van der Waals surface area contributed by atoms with Crippen molar-refractivity contribution in [2.24, 2.45) is 17.6 Å². The van der Waals surface area contributed by atoms with Gasteiger partial charge in [-0.25, -0.2) is 8.42 Å². The fraction of sp³-hybridized carbons (Fsp3) is 0.571. The van der Waals surface area contributed by atoms with Crippen LogP contribution in [0.2, 0.25) is 0 Å². The van der Waals surface area contributed by atoms with Crippen molar-refractivity contribution in [1.82, 2.24) is 4.31 Å². The second-order valence-corrected chi connectivity index (χ2v) is 7.74. The topological polar surface area (TPSA) is 63.4 Å². The molecule has 2 aliphatic rings. The van der Waals surface area contributed by atoms with Crippen LogP contribution in [0.5, 0.6) is 0 Å². The molecular formula is C14H21ClN2O2S. The fourth-order valence-corrected chi connectivity index (χ4v) is 4.86. The summed E-state index contributed by atoms with van der Waals surface area (Å²) in [6.07, 6.45) is 2.10. The molecule has 0 aromatic heterocycles. The first kappa shape index (κ1) is 15.8. The van der Waals surface area contributed by atoms with E-state index in [4.69, 9.17) is 5.73 Å². The smallest absolute Gasteiger partial charge is 0.243 e.